The van der Waals surface area contributed by atoms with E-state index in [0.717, 1.165) is 0 Å². The van der Waals surface area contributed by atoms with Crippen LogP contribution in [0.25, 0.3) is 0 Å². The van der Waals surface area contributed by atoms with Crippen molar-refractivity contribution in [1.82, 2.24) is 4.98 Å². The predicted octanol–water partition coefficient (Wildman–Crippen LogP) is 3.45. The van der Waals surface area contributed by atoms with Crippen molar-refractivity contribution in [3.8, 4) is 0 Å². The number of anilines is 1. The summed E-state index contributed by atoms with van der Waals surface area (Å²) in [7, 11) is -2.04. The third-order valence-corrected chi connectivity index (χ3v) is 10.3. The first-order valence-electron chi connectivity index (χ1n) is 9.34. The van der Waals surface area contributed by atoms with Gasteiger partial charge in [0.15, 0.2) is 8.32 Å². The van der Waals surface area contributed by atoms with Gasteiger partial charge in [0.25, 0.3) is 0 Å². The van der Waals surface area contributed by atoms with Crippen molar-refractivity contribution < 1.29 is 18.9 Å². The minimum atomic E-state index is -2.04. The van der Waals surface area contributed by atoms with E-state index < -0.39 is 24.9 Å². The zero-order valence-corrected chi connectivity index (χ0v) is 18.2. The van der Waals surface area contributed by atoms with Crippen LogP contribution in [0.2, 0.25) is 18.1 Å². The Morgan fingerprint density at radius 3 is 2.50 bits per heavy atom. The van der Waals surface area contributed by atoms with E-state index in [-0.39, 0.29) is 17.5 Å². The third kappa shape index (κ3) is 4.99. The number of carbonyl (C=O) groups is 1. The quantitative estimate of drug-likeness (QED) is 0.433. The van der Waals surface area contributed by atoms with E-state index in [1.165, 1.54) is 6.20 Å². The van der Waals surface area contributed by atoms with Gasteiger partial charge in [-0.1, -0.05) is 20.8 Å². The summed E-state index contributed by atoms with van der Waals surface area (Å²) in [6.07, 6.45) is 1.51. The molecule has 1 amide bonds. The second-order valence-electron chi connectivity index (χ2n) is 8.74. The minimum absolute atomic E-state index is 0.0257. The van der Waals surface area contributed by atoms with E-state index in [1.807, 2.05) is 4.90 Å². The zero-order valence-electron chi connectivity index (χ0n) is 17.2. The zero-order chi connectivity index (χ0) is 21.2. The lowest BCUT2D eigenvalue weighted by molar-refractivity contribution is -0.388. The van der Waals surface area contributed by atoms with Crippen molar-refractivity contribution in [2.45, 2.75) is 57.3 Å². The first kappa shape index (κ1) is 22.1. The average Bonchev–Trinajstić information content (AvgIpc) is 2.59. The Kier molecular flexibility index (Phi) is 6.34. The molecule has 0 atom stereocenters. The number of pyridine rings is 1. The van der Waals surface area contributed by atoms with Gasteiger partial charge in [0.1, 0.15) is 17.5 Å². The van der Waals surface area contributed by atoms with Crippen LogP contribution in [0.5, 0.6) is 0 Å². The standard InChI is InChI=1S/C18H30N4O5Si/c1-17(2,3)28(4,5)26-13-18(27-16(19)23)8-11-21(12-9-18)14-7-6-10-20-15(14)22(24)25/h6-7,10H,8-9,11-13H2,1-5H3,(H2,19,23). The van der Waals surface area contributed by atoms with E-state index >= 15 is 0 Å². The first-order chi connectivity index (χ1) is 12.9. The molecule has 2 N–H and O–H groups in total. The summed E-state index contributed by atoms with van der Waals surface area (Å²) in [5.74, 6) is -0.177. The number of hydrogen-bond acceptors (Lipinski definition) is 7. The van der Waals surface area contributed by atoms with Crippen molar-refractivity contribution >= 4 is 25.9 Å². The van der Waals surface area contributed by atoms with E-state index in [4.69, 9.17) is 14.9 Å². The maximum absolute atomic E-state index is 11.5. The first-order valence-corrected chi connectivity index (χ1v) is 12.2. The van der Waals surface area contributed by atoms with Gasteiger partial charge in [-0.15, -0.1) is 0 Å². The highest BCUT2D eigenvalue weighted by Gasteiger charge is 2.44. The maximum Gasteiger partial charge on any atom is 0.405 e. The highest BCUT2D eigenvalue weighted by molar-refractivity contribution is 6.74. The molecule has 0 saturated carbocycles. The molecular weight excluding hydrogens is 380 g/mol. The molecule has 0 bridgehead atoms. The highest BCUT2D eigenvalue weighted by Crippen LogP contribution is 2.39. The van der Waals surface area contributed by atoms with Crippen LogP contribution in [0, 0.1) is 10.1 Å². The van der Waals surface area contributed by atoms with Crippen LogP contribution in [0.4, 0.5) is 16.3 Å². The number of aromatic nitrogens is 1. The molecular formula is C18H30N4O5Si. The number of ether oxygens (including phenoxy) is 1. The predicted molar refractivity (Wildman–Crippen MR) is 109 cm³/mol. The molecule has 0 aromatic carbocycles. The second kappa shape index (κ2) is 8.04. The molecule has 2 heterocycles. The number of primary amides is 1. The van der Waals surface area contributed by atoms with Crippen molar-refractivity contribution in [3.63, 3.8) is 0 Å². The molecule has 2 rings (SSSR count). The van der Waals surface area contributed by atoms with E-state index in [2.05, 4.69) is 38.8 Å². The topological polar surface area (TPSA) is 121 Å². The number of nitrogens with two attached hydrogens (primary N) is 1. The lowest BCUT2D eigenvalue weighted by Gasteiger charge is -2.44. The molecule has 0 unspecified atom stereocenters. The number of carbonyl (C=O) groups excluding carboxylic acids is 1. The maximum atomic E-state index is 11.5. The summed E-state index contributed by atoms with van der Waals surface area (Å²) in [6, 6.07) is 3.35. The third-order valence-electron chi connectivity index (χ3n) is 5.77. The Hall–Kier alpha value is -2.20. The number of piperidine rings is 1. The summed E-state index contributed by atoms with van der Waals surface area (Å²) in [5.41, 5.74) is 4.96. The molecule has 28 heavy (non-hydrogen) atoms. The summed E-state index contributed by atoms with van der Waals surface area (Å²) >= 11 is 0. The van der Waals surface area contributed by atoms with Gasteiger partial charge in [-0.25, -0.2) is 4.79 Å². The van der Waals surface area contributed by atoms with Crippen LogP contribution in [0.1, 0.15) is 33.6 Å². The number of rotatable bonds is 6. The molecule has 0 spiro atoms. The summed E-state index contributed by atoms with van der Waals surface area (Å²) in [4.78, 5) is 28.1. The van der Waals surface area contributed by atoms with Crippen LogP contribution in [0.15, 0.2) is 18.3 Å². The van der Waals surface area contributed by atoms with Crippen LogP contribution in [0.3, 0.4) is 0 Å². The number of hydrogen-bond donors (Lipinski definition) is 1. The molecule has 1 aliphatic heterocycles. The molecule has 1 saturated heterocycles. The minimum Gasteiger partial charge on any atom is -0.441 e. The van der Waals surface area contributed by atoms with Gasteiger partial charge in [0.2, 0.25) is 0 Å². The molecule has 1 fully saturated rings. The SMILES string of the molecule is CC(C)(C)[Si](C)(C)OCC1(OC(N)=O)CCN(c2cccnc2[N+](=O)[O-])CC1. The lowest BCUT2D eigenvalue weighted by Crippen LogP contribution is -2.53. The van der Waals surface area contributed by atoms with Crippen LogP contribution in [-0.4, -0.2) is 49.6 Å². The Balaban J connectivity index is 2.15. The molecule has 1 aromatic rings. The monoisotopic (exact) mass is 410 g/mol. The molecule has 156 valence electrons. The highest BCUT2D eigenvalue weighted by atomic mass is 28.4. The van der Waals surface area contributed by atoms with Crippen LogP contribution in [-0.2, 0) is 9.16 Å². The van der Waals surface area contributed by atoms with Gasteiger partial charge in [0, 0.05) is 25.9 Å². The number of nitro groups is 1. The van der Waals surface area contributed by atoms with Gasteiger partial charge in [-0.2, -0.15) is 0 Å². The summed E-state index contributed by atoms with van der Waals surface area (Å²) < 4.78 is 11.8. The molecule has 9 nitrogen and oxygen atoms in total. The second-order valence-corrected chi connectivity index (χ2v) is 13.6. The summed E-state index contributed by atoms with van der Waals surface area (Å²) in [6.45, 7) is 11.9. The summed E-state index contributed by atoms with van der Waals surface area (Å²) in [5, 5.41) is 11.3. The van der Waals surface area contributed by atoms with Crippen molar-refractivity contribution in [2.75, 3.05) is 24.6 Å². The molecule has 1 aliphatic rings. The van der Waals surface area contributed by atoms with E-state index in [1.54, 1.807) is 12.1 Å². The van der Waals surface area contributed by atoms with Crippen molar-refractivity contribution in [3.05, 3.63) is 28.4 Å². The van der Waals surface area contributed by atoms with Crippen LogP contribution < -0.4 is 10.6 Å². The molecule has 10 heteroatoms. The van der Waals surface area contributed by atoms with Gasteiger partial charge in [-0.05, 0) is 40.2 Å². The van der Waals surface area contributed by atoms with Gasteiger partial charge < -0.3 is 29.9 Å². The smallest absolute Gasteiger partial charge is 0.405 e. The van der Waals surface area contributed by atoms with Crippen molar-refractivity contribution in [2.24, 2.45) is 5.73 Å². The Morgan fingerprint density at radius 2 is 2.00 bits per heavy atom. The molecule has 1 aromatic heterocycles. The largest absolute Gasteiger partial charge is 0.441 e. The van der Waals surface area contributed by atoms with Crippen molar-refractivity contribution in [1.29, 1.82) is 0 Å². The van der Waals surface area contributed by atoms with Crippen LogP contribution >= 0.6 is 0 Å². The van der Waals surface area contributed by atoms with E-state index in [9.17, 15) is 14.9 Å². The Bertz CT molecular complexity index is 727. The fourth-order valence-corrected chi connectivity index (χ4v) is 4.01. The molecule has 0 radical (unpaired) electrons. The normalized spacial score (nSPS) is 17.2. The number of nitrogens with zero attached hydrogens (tertiary/aromatic N) is 3. The van der Waals surface area contributed by atoms with E-state index in [0.29, 0.717) is 31.6 Å². The van der Waals surface area contributed by atoms with Gasteiger partial charge in [-0.3, -0.25) is 0 Å². The van der Waals surface area contributed by atoms with Gasteiger partial charge >= 0.3 is 11.9 Å². The fraction of sp³-hybridized carbons (Fsp3) is 0.667. The molecule has 0 aliphatic carbocycles. The Labute approximate surface area is 166 Å². The lowest BCUT2D eigenvalue weighted by atomic mass is 9.91. The van der Waals surface area contributed by atoms with Gasteiger partial charge in [0.05, 0.1) is 6.61 Å². The number of amides is 1. The Morgan fingerprint density at radius 1 is 1.39 bits per heavy atom. The fourth-order valence-electron chi connectivity index (χ4n) is 2.95. The average molecular weight is 411 g/mol.